The number of nitrogens with zero attached hydrogens (tertiary/aromatic N) is 3. The molecule has 0 saturated carbocycles. The molecule has 5 atom stereocenters. The van der Waals surface area contributed by atoms with Crippen molar-refractivity contribution in [3.05, 3.63) is 69.3 Å². The van der Waals surface area contributed by atoms with Crippen molar-refractivity contribution in [1.82, 2.24) is 4.90 Å². The second kappa shape index (κ2) is 12.6. The average Bonchev–Trinajstić information content (AvgIpc) is 3.43. The van der Waals surface area contributed by atoms with Crippen LogP contribution in [0.3, 0.4) is 0 Å². The molecule has 2 N–H and O–H groups in total. The molecule has 0 radical (unpaired) electrons. The van der Waals surface area contributed by atoms with Crippen LogP contribution in [0.15, 0.2) is 42.5 Å². The highest BCUT2D eigenvalue weighted by molar-refractivity contribution is 6.71. The fourth-order valence-corrected chi connectivity index (χ4v) is 10.1. The third-order valence-corrected chi connectivity index (χ3v) is 12.2. The number of non-ortho nitro benzene ring substituents is 1. The molecule has 242 valence electrons. The molecular weight excluding hydrogens is 598 g/mol. The number of methoxy groups -OCH3 is 1. The molecule has 3 heterocycles. The van der Waals surface area contributed by atoms with Crippen LogP contribution in [0, 0.1) is 16.0 Å². The zero-order valence-electron chi connectivity index (χ0n) is 26.1. The predicted octanol–water partition coefficient (Wildman–Crippen LogP) is 3.42. The lowest BCUT2D eigenvalue weighted by molar-refractivity contribution is -0.385. The van der Waals surface area contributed by atoms with Gasteiger partial charge in [0.2, 0.25) is 5.91 Å². The molecule has 5 rings (SSSR count). The Balaban J connectivity index is 1.48. The van der Waals surface area contributed by atoms with Crippen molar-refractivity contribution in [3.63, 3.8) is 0 Å². The maximum absolute atomic E-state index is 14.4. The van der Waals surface area contributed by atoms with Crippen molar-refractivity contribution in [2.45, 2.75) is 82.0 Å². The minimum absolute atomic E-state index is 0.122. The van der Waals surface area contributed by atoms with Crippen LogP contribution in [0.25, 0.3) is 0 Å². The number of nitro groups is 1. The van der Waals surface area contributed by atoms with Gasteiger partial charge in [0.1, 0.15) is 0 Å². The summed E-state index contributed by atoms with van der Waals surface area (Å²) >= 11 is 0. The van der Waals surface area contributed by atoms with Crippen LogP contribution in [-0.2, 0) is 42.4 Å². The third-order valence-electron chi connectivity index (χ3n) is 9.68. The number of fused-ring (bicyclic) bond motifs is 3. The van der Waals surface area contributed by atoms with E-state index in [1.807, 2.05) is 31.2 Å². The van der Waals surface area contributed by atoms with Gasteiger partial charge in [0.15, 0.2) is 13.9 Å². The predicted molar refractivity (Wildman–Crippen MR) is 167 cm³/mol. The Morgan fingerprint density at radius 2 is 1.89 bits per heavy atom. The zero-order chi connectivity index (χ0) is 32.7. The number of rotatable bonds is 10. The van der Waals surface area contributed by atoms with Gasteiger partial charge in [-0.1, -0.05) is 31.2 Å². The van der Waals surface area contributed by atoms with Crippen LogP contribution in [0.5, 0.6) is 0 Å². The second-order valence-electron chi connectivity index (χ2n) is 12.8. The summed E-state index contributed by atoms with van der Waals surface area (Å²) in [6.07, 6.45) is 0.689. The minimum atomic E-state index is -3.10. The van der Waals surface area contributed by atoms with E-state index in [-0.39, 0.29) is 43.6 Å². The van der Waals surface area contributed by atoms with E-state index < -0.39 is 48.4 Å². The number of carbonyl (C=O) groups is 3. The molecule has 13 heteroatoms. The van der Waals surface area contributed by atoms with Gasteiger partial charge in [-0.25, -0.2) is 0 Å². The van der Waals surface area contributed by atoms with Crippen molar-refractivity contribution in [1.29, 1.82) is 0 Å². The van der Waals surface area contributed by atoms with E-state index in [0.29, 0.717) is 37.1 Å². The first-order chi connectivity index (χ1) is 21.3. The number of nitro benzene ring substituents is 1. The summed E-state index contributed by atoms with van der Waals surface area (Å²) in [5.74, 6) is -1.62. The highest BCUT2D eigenvalue weighted by Crippen LogP contribution is 2.60. The van der Waals surface area contributed by atoms with Gasteiger partial charge in [-0.2, -0.15) is 0 Å². The van der Waals surface area contributed by atoms with Gasteiger partial charge in [-0.15, -0.1) is 0 Å². The minimum Gasteiger partial charge on any atom is -0.469 e. The van der Waals surface area contributed by atoms with Crippen LogP contribution in [0.2, 0.25) is 18.6 Å². The fourth-order valence-electron chi connectivity index (χ4n) is 7.57. The zero-order valence-corrected chi connectivity index (χ0v) is 27.1. The summed E-state index contributed by atoms with van der Waals surface area (Å²) in [5.41, 5.74) is 0.508. The third kappa shape index (κ3) is 5.89. The molecular formula is C32H41N3O9Si. The monoisotopic (exact) mass is 639 g/mol. The van der Waals surface area contributed by atoms with Gasteiger partial charge in [0.25, 0.3) is 11.6 Å². The fraction of sp³-hybridized carbons (Fsp3) is 0.531. The first kappa shape index (κ1) is 32.7. The van der Waals surface area contributed by atoms with Crippen LogP contribution >= 0.6 is 0 Å². The van der Waals surface area contributed by atoms with Crippen molar-refractivity contribution >= 4 is 37.5 Å². The molecule has 0 unspecified atom stereocenters. The number of esters is 1. The number of ether oxygens (including phenoxy) is 2. The summed E-state index contributed by atoms with van der Waals surface area (Å²) in [6.45, 7) is 5.68. The highest BCUT2D eigenvalue weighted by atomic mass is 28.4. The molecule has 2 amide bonds. The number of amides is 2. The van der Waals surface area contributed by atoms with Crippen LogP contribution in [0.4, 0.5) is 11.4 Å². The average molecular weight is 640 g/mol. The van der Waals surface area contributed by atoms with Crippen LogP contribution < -0.4 is 4.90 Å². The van der Waals surface area contributed by atoms with E-state index in [2.05, 4.69) is 0 Å². The molecule has 0 aromatic heterocycles. The molecule has 3 aliphatic heterocycles. The molecule has 2 aromatic carbocycles. The molecule has 0 aliphatic carbocycles. The lowest BCUT2D eigenvalue weighted by atomic mass is 9.82. The number of unbranched alkanes of at least 4 members (excludes halogenated alkanes) is 1. The molecule has 45 heavy (non-hydrogen) atoms. The highest BCUT2D eigenvalue weighted by Gasteiger charge is 2.66. The Bertz CT molecular complexity index is 1490. The molecule has 3 aliphatic rings. The molecule has 1 spiro atoms. The Labute approximate surface area is 263 Å². The van der Waals surface area contributed by atoms with Gasteiger partial charge in [-0.3, -0.25) is 24.5 Å². The van der Waals surface area contributed by atoms with Crippen LogP contribution in [0.1, 0.15) is 49.3 Å². The molecule has 1 saturated heterocycles. The molecule has 0 bridgehead atoms. The van der Waals surface area contributed by atoms with Gasteiger partial charge in [-0.05, 0) is 49.5 Å². The quantitative estimate of drug-likeness (QED) is 0.131. The second-order valence-corrected chi connectivity index (χ2v) is 16.8. The van der Waals surface area contributed by atoms with Crippen molar-refractivity contribution in [3.8, 4) is 0 Å². The summed E-state index contributed by atoms with van der Waals surface area (Å²) in [7, 11) is -1.79. The Morgan fingerprint density at radius 1 is 1.18 bits per heavy atom. The lowest BCUT2D eigenvalue weighted by Crippen LogP contribution is -2.48. The summed E-state index contributed by atoms with van der Waals surface area (Å²) in [5, 5.41) is 22.0. The number of hydrogen-bond donors (Lipinski definition) is 2. The lowest BCUT2D eigenvalue weighted by Gasteiger charge is -2.37. The van der Waals surface area contributed by atoms with E-state index in [4.69, 9.17) is 9.47 Å². The van der Waals surface area contributed by atoms with Crippen molar-refractivity contribution < 1.29 is 38.7 Å². The Kier molecular flexibility index (Phi) is 9.18. The van der Waals surface area contributed by atoms with E-state index in [1.54, 1.807) is 29.0 Å². The number of hydrogen-bond acceptors (Lipinski definition) is 9. The summed E-state index contributed by atoms with van der Waals surface area (Å²) in [4.78, 5) is 66.1. The van der Waals surface area contributed by atoms with E-state index in [1.165, 1.54) is 19.2 Å². The van der Waals surface area contributed by atoms with Crippen LogP contribution in [-0.4, -0.2) is 78.2 Å². The Hall–Kier alpha value is -3.65. The first-order valence-corrected chi connectivity index (χ1v) is 18.4. The van der Waals surface area contributed by atoms with Gasteiger partial charge in [0, 0.05) is 48.7 Å². The van der Waals surface area contributed by atoms with Gasteiger partial charge in [0.05, 0.1) is 42.9 Å². The largest absolute Gasteiger partial charge is 0.469 e. The SMILES string of the molecule is COC(=O)CCCCN1C(=O)[C@@]2(O[C@@H](CC(=O)N3Cc4ccccc4C[C@H]3CO)[C@H]([Si](C)(C)O)[C@H]2C)c2cc([N+](=O)[O-])ccc21. The summed E-state index contributed by atoms with van der Waals surface area (Å²) < 4.78 is 11.4. The topological polar surface area (TPSA) is 160 Å². The number of aliphatic hydroxyl groups is 1. The normalized spacial score (nSPS) is 25.8. The Morgan fingerprint density at radius 3 is 2.53 bits per heavy atom. The number of aliphatic hydroxyl groups excluding tert-OH is 1. The molecule has 1 fully saturated rings. The van der Waals surface area contributed by atoms with Gasteiger partial charge >= 0.3 is 5.97 Å². The summed E-state index contributed by atoms with van der Waals surface area (Å²) in [6, 6.07) is 11.6. The molecule has 12 nitrogen and oxygen atoms in total. The maximum Gasteiger partial charge on any atom is 0.305 e. The number of anilines is 1. The van der Waals surface area contributed by atoms with E-state index >= 15 is 0 Å². The van der Waals surface area contributed by atoms with E-state index in [9.17, 15) is 34.4 Å². The molecule has 2 aromatic rings. The maximum atomic E-state index is 14.4. The smallest absolute Gasteiger partial charge is 0.305 e. The number of carbonyl (C=O) groups excluding carboxylic acids is 3. The van der Waals surface area contributed by atoms with E-state index in [0.717, 1.165) is 11.1 Å². The van der Waals surface area contributed by atoms with Crippen molar-refractivity contribution in [2.24, 2.45) is 5.92 Å². The first-order valence-electron chi connectivity index (χ1n) is 15.4. The number of benzene rings is 2. The van der Waals surface area contributed by atoms with Crippen molar-refractivity contribution in [2.75, 3.05) is 25.2 Å². The van der Waals surface area contributed by atoms with Gasteiger partial charge < -0.3 is 29.2 Å². The standard InChI is InChI=1S/C32H41N3O9Si/c1-20-30(45(3,4)42)27(17-28(37)34-18-22-10-6-5-9-21(22)15-24(34)19-36)44-32(20)25-16-23(35(40)41)12-13-26(25)33(31(32)39)14-8-7-11-29(38)43-2/h5-6,9-10,12-13,16,20,24,27,30,36,42H,7-8,11,14-15,17-19H2,1-4H3/t20-,24+,27+,30-,32+/m1/s1.